The Morgan fingerprint density at radius 1 is 0.952 bits per heavy atom. The van der Waals surface area contributed by atoms with E-state index < -0.39 is 17.9 Å². The summed E-state index contributed by atoms with van der Waals surface area (Å²) in [6.45, 7) is 2.96. The monoisotopic (exact) mass is 569 g/mol. The lowest BCUT2D eigenvalue weighted by Gasteiger charge is -2.37. The summed E-state index contributed by atoms with van der Waals surface area (Å²) < 4.78 is 15.6. The first kappa shape index (κ1) is 28.4. The van der Waals surface area contributed by atoms with Crippen molar-refractivity contribution in [2.24, 2.45) is 5.73 Å². The van der Waals surface area contributed by atoms with Crippen LogP contribution in [0.4, 0.5) is 11.4 Å². The van der Waals surface area contributed by atoms with Gasteiger partial charge in [0, 0.05) is 31.0 Å². The van der Waals surface area contributed by atoms with Crippen LogP contribution in [-0.4, -0.2) is 69.8 Å². The number of amides is 1. The van der Waals surface area contributed by atoms with Crippen molar-refractivity contribution in [2.75, 3.05) is 56.9 Å². The minimum atomic E-state index is -0.954. The molecular formula is C31H31N5O6. The van der Waals surface area contributed by atoms with Crippen molar-refractivity contribution in [3.05, 3.63) is 94.6 Å². The molecular weight excluding hydrogens is 538 g/mol. The van der Waals surface area contributed by atoms with Crippen LogP contribution in [0.2, 0.25) is 0 Å². The number of hydrogen-bond donors (Lipinski definition) is 1. The van der Waals surface area contributed by atoms with Crippen LogP contribution in [0.3, 0.4) is 0 Å². The second-order valence-electron chi connectivity index (χ2n) is 9.79. The van der Waals surface area contributed by atoms with E-state index in [9.17, 15) is 19.6 Å². The highest BCUT2D eigenvalue weighted by atomic mass is 16.5. The Balaban J connectivity index is 1.56. The molecule has 3 aliphatic heterocycles. The number of nitrogens with two attached hydrogens (primary N) is 1. The molecule has 1 fully saturated rings. The topological polar surface area (TPSA) is 138 Å². The molecule has 5 rings (SSSR count). The third-order valence-corrected chi connectivity index (χ3v) is 7.54. The number of esters is 2. The molecule has 0 bridgehead atoms. The van der Waals surface area contributed by atoms with Gasteiger partial charge < -0.3 is 29.7 Å². The zero-order chi connectivity index (χ0) is 29.8. The predicted octanol–water partition coefficient (Wildman–Crippen LogP) is 2.54. The molecule has 0 spiro atoms. The van der Waals surface area contributed by atoms with E-state index in [1.807, 2.05) is 11.0 Å². The molecule has 0 saturated carbocycles. The molecule has 2 N–H and O–H groups in total. The minimum absolute atomic E-state index is 0.0289. The van der Waals surface area contributed by atoms with Gasteiger partial charge in [-0.3, -0.25) is 9.69 Å². The first-order valence-electron chi connectivity index (χ1n) is 13.5. The summed E-state index contributed by atoms with van der Waals surface area (Å²) in [5.74, 6) is -2.71. The van der Waals surface area contributed by atoms with Crippen LogP contribution in [-0.2, 0) is 28.6 Å². The maximum Gasteiger partial charge on any atom is 0.355 e. The average Bonchev–Trinajstić information content (AvgIpc) is 3.04. The molecule has 0 radical (unpaired) electrons. The van der Waals surface area contributed by atoms with Gasteiger partial charge in [-0.2, -0.15) is 5.26 Å². The van der Waals surface area contributed by atoms with Crippen LogP contribution in [0, 0.1) is 11.3 Å². The second kappa shape index (κ2) is 12.2. The van der Waals surface area contributed by atoms with Crippen LogP contribution in [0.25, 0.3) is 0 Å². The fourth-order valence-electron chi connectivity index (χ4n) is 5.54. The lowest BCUT2D eigenvalue weighted by Crippen LogP contribution is -2.45. The number of morpholine rings is 1. The minimum Gasteiger partial charge on any atom is -0.466 e. The fraction of sp³-hybridized carbons (Fsp3) is 0.290. The van der Waals surface area contributed by atoms with E-state index in [-0.39, 0.29) is 28.6 Å². The highest BCUT2D eigenvalue weighted by Crippen LogP contribution is 2.43. The number of benzene rings is 2. The van der Waals surface area contributed by atoms with Gasteiger partial charge in [-0.25, -0.2) is 9.59 Å². The number of ether oxygens (including phenoxy) is 3. The van der Waals surface area contributed by atoms with Gasteiger partial charge in [-0.15, -0.1) is 0 Å². The fourth-order valence-corrected chi connectivity index (χ4v) is 5.54. The van der Waals surface area contributed by atoms with Crippen LogP contribution >= 0.6 is 0 Å². The summed E-state index contributed by atoms with van der Waals surface area (Å²) in [5.41, 5.74) is 8.72. The van der Waals surface area contributed by atoms with E-state index >= 15 is 0 Å². The van der Waals surface area contributed by atoms with E-state index in [1.54, 1.807) is 59.5 Å². The molecule has 1 saturated heterocycles. The van der Waals surface area contributed by atoms with Crippen LogP contribution in [0.5, 0.6) is 0 Å². The average molecular weight is 570 g/mol. The molecule has 2 aromatic rings. The Labute approximate surface area is 243 Å². The van der Waals surface area contributed by atoms with Crippen molar-refractivity contribution in [1.29, 1.82) is 5.26 Å². The molecule has 1 atom stereocenters. The number of rotatable bonds is 6. The van der Waals surface area contributed by atoms with Crippen LogP contribution in [0.15, 0.2) is 89.0 Å². The van der Waals surface area contributed by atoms with E-state index in [2.05, 4.69) is 6.07 Å². The van der Waals surface area contributed by atoms with E-state index in [0.717, 1.165) is 0 Å². The number of anilines is 2. The van der Waals surface area contributed by atoms with Gasteiger partial charge >= 0.3 is 11.9 Å². The zero-order valence-electron chi connectivity index (χ0n) is 23.4. The summed E-state index contributed by atoms with van der Waals surface area (Å²) in [6.07, 6.45) is 2.66. The number of allylic oxidation sites excluding steroid dienone is 1. The number of nitrogens with zero attached hydrogens (tertiary/aromatic N) is 4. The first-order chi connectivity index (χ1) is 20.4. The number of hydrogen-bond acceptors (Lipinski definition) is 10. The third kappa shape index (κ3) is 5.08. The summed E-state index contributed by atoms with van der Waals surface area (Å²) in [5, 5.41) is 10.2. The highest BCUT2D eigenvalue weighted by Gasteiger charge is 2.43. The molecule has 2 aromatic carbocycles. The van der Waals surface area contributed by atoms with Crippen molar-refractivity contribution in [1.82, 2.24) is 4.90 Å². The maximum absolute atomic E-state index is 13.4. The van der Waals surface area contributed by atoms with Gasteiger partial charge in [-0.05, 0) is 36.2 Å². The lowest BCUT2D eigenvalue weighted by molar-refractivity contribution is -0.139. The molecule has 3 aliphatic rings. The highest BCUT2D eigenvalue weighted by molar-refractivity contribution is 6.07. The smallest absolute Gasteiger partial charge is 0.355 e. The lowest BCUT2D eigenvalue weighted by atomic mass is 9.81. The maximum atomic E-state index is 13.4. The largest absolute Gasteiger partial charge is 0.466 e. The Morgan fingerprint density at radius 2 is 1.60 bits per heavy atom. The van der Waals surface area contributed by atoms with Crippen molar-refractivity contribution in [3.63, 3.8) is 0 Å². The van der Waals surface area contributed by atoms with Crippen LogP contribution < -0.4 is 15.5 Å². The zero-order valence-corrected chi connectivity index (χ0v) is 23.4. The van der Waals surface area contributed by atoms with Gasteiger partial charge in [0.05, 0.1) is 56.3 Å². The molecule has 3 heterocycles. The quantitative estimate of drug-likeness (QED) is 0.517. The normalized spacial score (nSPS) is 19.4. The van der Waals surface area contributed by atoms with E-state index in [1.165, 1.54) is 19.1 Å². The van der Waals surface area contributed by atoms with Crippen molar-refractivity contribution < 1.29 is 28.6 Å². The van der Waals surface area contributed by atoms with Gasteiger partial charge in [0.25, 0.3) is 5.91 Å². The van der Waals surface area contributed by atoms with E-state index in [0.29, 0.717) is 61.9 Å². The molecule has 42 heavy (non-hydrogen) atoms. The molecule has 216 valence electrons. The number of carbonyl (C=O) groups excluding carboxylic acids is 3. The summed E-state index contributed by atoms with van der Waals surface area (Å²) in [4.78, 5) is 45.0. The molecule has 0 aliphatic carbocycles. The van der Waals surface area contributed by atoms with Gasteiger partial charge in [0.15, 0.2) is 0 Å². The standard InChI is InChI=1S/C31H31N5O6/c1-40-30(38)26-25(20-7-4-3-5-8-20)23(19-32)28(33)36(27(26)31(39)41-2)22-12-10-21(11-13-22)35-14-6-9-24(29(35)37)34-15-17-42-18-16-34/h3-5,7-13,25H,6,14-18,33H2,1-2H3. The molecule has 11 heteroatoms. The molecule has 0 aromatic heterocycles. The Morgan fingerprint density at radius 3 is 2.21 bits per heavy atom. The van der Waals surface area contributed by atoms with E-state index in [4.69, 9.17) is 19.9 Å². The number of methoxy groups -OCH3 is 2. The molecule has 11 nitrogen and oxygen atoms in total. The summed E-state index contributed by atoms with van der Waals surface area (Å²) >= 11 is 0. The Hall–Kier alpha value is -5.08. The third-order valence-electron chi connectivity index (χ3n) is 7.54. The Kier molecular flexibility index (Phi) is 8.26. The number of nitriles is 1. The van der Waals surface area contributed by atoms with Gasteiger partial charge in [0.1, 0.15) is 11.5 Å². The Bertz CT molecular complexity index is 1520. The summed E-state index contributed by atoms with van der Waals surface area (Å²) in [6, 6.07) is 17.8. The predicted molar refractivity (Wildman–Crippen MR) is 153 cm³/mol. The SMILES string of the molecule is COC(=O)C1=C(C(=O)OC)N(c2ccc(N3CCC=C(N4CCOCC4)C3=O)cc2)C(N)=C(C#N)C1c1ccccc1. The number of carbonyl (C=O) groups is 3. The van der Waals surface area contributed by atoms with Gasteiger partial charge in [0.2, 0.25) is 0 Å². The van der Waals surface area contributed by atoms with Crippen molar-refractivity contribution in [2.45, 2.75) is 12.3 Å². The van der Waals surface area contributed by atoms with Crippen molar-refractivity contribution in [3.8, 4) is 6.07 Å². The van der Waals surface area contributed by atoms with Crippen LogP contribution in [0.1, 0.15) is 17.9 Å². The van der Waals surface area contributed by atoms with Crippen molar-refractivity contribution >= 4 is 29.2 Å². The molecule has 1 amide bonds. The summed E-state index contributed by atoms with van der Waals surface area (Å²) in [7, 11) is 2.40. The second-order valence-corrected chi connectivity index (χ2v) is 9.79. The van der Waals surface area contributed by atoms with Gasteiger partial charge in [-0.1, -0.05) is 36.4 Å². The molecule has 1 unspecified atom stereocenters. The first-order valence-corrected chi connectivity index (χ1v) is 13.5.